The molecule has 1 saturated carbocycles. The summed E-state index contributed by atoms with van der Waals surface area (Å²) in [4.78, 5) is 4.08. The van der Waals surface area contributed by atoms with Gasteiger partial charge in [0.2, 0.25) is 5.95 Å². The van der Waals surface area contributed by atoms with Crippen LogP contribution in [0.5, 0.6) is 0 Å². The van der Waals surface area contributed by atoms with Crippen LogP contribution in [0.2, 0.25) is 5.02 Å². The fourth-order valence-corrected chi connectivity index (χ4v) is 4.69. The molecule has 2 aliphatic rings. The molecule has 0 bridgehead atoms. The fourth-order valence-electron chi connectivity index (χ4n) is 4.49. The highest BCUT2D eigenvalue weighted by atomic mass is 35.5. The fraction of sp³-hybridized carbons (Fsp3) is 0.381. The second kappa shape index (κ2) is 7.26. The van der Waals surface area contributed by atoms with E-state index in [0.717, 1.165) is 65.8 Å². The largest absolute Gasteiger partial charge is 0.306 e. The van der Waals surface area contributed by atoms with Crippen LogP contribution in [0.4, 0.5) is 4.39 Å². The van der Waals surface area contributed by atoms with Crippen LogP contribution in [0.1, 0.15) is 60.4 Å². The molecule has 2 aromatic heterocycles. The third kappa shape index (κ3) is 3.20. The van der Waals surface area contributed by atoms with E-state index in [0.29, 0.717) is 18.4 Å². The van der Waals surface area contributed by atoms with Gasteiger partial charge in [0.1, 0.15) is 5.82 Å². The SMILES string of the molecule is Fc1cccc(C2CCC(c3nnc4n3-c3ccc(Cl)cc3CNC4)CC2)n1. The molecule has 0 saturated heterocycles. The second-order valence-corrected chi connectivity index (χ2v) is 8.06. The third-order valence-electron chi connectivity index (χ3n) is 5.88. The average molecular weight is 398 g/mol. The molecule has 7 heteroatoms. The lowest BCUT2D eigenvalue weighted by Crippen LogP contribution is -2.17. The molecule has 1 aromatic carbocycles. The first-order chi connectivity index (χ1) is 13.7. The van der Waals surface area contributed by atoms with Crippen molar-refractivity contribution in [2.24, 2.45) is 0 Å². The maximum atomic E-state index is 13.5. The van der Waals surface area contributed by atoms with Gasteiger partial charge in [-0.25, -0.2) is 4.98 Å². The summed E-state index contributed by atoms with van der Waals surface area (Å²) in [7, 11) is 0. The van der Waals surface area contributed by atoms with Gasteiger partial charge in [-0.05, 0) is 61.6 Å². The predicted molar refractivity (Wildman–Crippen MR) is 105 cm³/mol. The van der Waals surface area contributed by atoms with Crippen LogP contribution in [0, 0.1) is 5.95 Å². The lowest BCUT2D eigenvalue weighted by atomic mass is 9.80. The zero-order chi connectivity index (χ0) is 19.1. The Bertz CT molecular complexity index is 1010. The second-order valence-electron chi connectivity index (χ2n) is 7.62. The van der Waals surface area contributed by atoms with E-state index in [1.54, 1.807) is 6.07 Å². The number of halogens is 2. The van der Waals surface area contributed by atoms with Crippen LogP contribution < -0.4 is 5.32 Å². The Kier molecular flexibility index (Phi) is 4.61. The monoisotopic (exact) mass is 397 g/mol. The van der Waals surface area contributed by atoms with Gasteiger partial charge in [-0.15, -0.1) is 10.2 Å². The van der Waals surface area contributed by atoms with Crippen molar-refractivity contribution in [3.63, 3.8) is 0 Å². The minimum atomic E-state index is -0.398. The van der Waals surface area contributed by atoms with Crippen molar-refractivity contribution in [3.8, 4) is 5.69 Å². The average Bonchev–Trinajstić information content (AvgIpc) is 3.04. The molecule has 0 amide bonds. The zero-order valence-electron chi connectivity index (χ0n) is 15.4. The van der Waals surface area contributed by atoms with E-state index >= 15 is 0 Å². The number of benzene rings is 1. The van der Waals surface area contributed by atoms with Crippen LogP contribution in [0.3, 0.4) is 0 Å². The van der Waals surface area contributed by atoms with Gasteiger partial charge in [-0.3, -0.25) is 4.57 Å². The first-order valence-electron chi connectivity index (χ1n) is 9.75. The summed E-state index contributed by atoms with van der Waals surface area (Å²) < 4.78 is 15.7. The van der Waals surface area contributed by atoms with Gasteiger partial charge in [0.05, 0.1) is 12.2 Å². The molecule has 1 aliphatic carbocycles. The maximum absolute atomic E-state index is 13.5. The van der Waals surface area contributed by atoms with Crippen LogP contribution in [-0.2, 0) is 13.1 Å². The van der Waals surface area contributed by atoms with Crippen molar-refractivity contribution in [3.05, 3.63) is 70.3 Å². The number of aromatic nitrogens is 4. The highest BCUT2D eigenvalue weighted by molar-refractivity contribution is 6.30. The van der Waals surface area contributed by atoms with Crippen molar-refractivity contribution in [2.45, 2.75) is 50.6 Å². The van der Waals surface area contributed by atoms with Crippen LogP contribution in [-0.4, -0.2) is 19.7 Å². The summed E-state index contributed by atoms with van der Waals surface area (Å²) in [6, 6.07) is 11.1. The summed E-state index contributed by atoms with van der Waals surface area (Å²) in [5, 5.41) is 13.2. The molecule has 0 atom stereocenters. The highest BCUT2D eigenvalue weighted by Crippen LogP contribution is 2.40. The van der Waals surface area contributed by atoms with Crippen molar-refractivity contribution < 1.29 is 4.39 Å². The van der Waals surface area contributed by atoms with Gasteiger partial charge in [0.25, 0.3) is 0 Å². The minimum Gasteiger partial charge on any atom is -0.306 e. The zero-order valence-corrected chi connectivity index (χ0v) is 16.2. The Morgan fingerprint density at radius 2 is 1.82 bits per heavy atom. The third-order valence-corrected chi connectivity index (χ3v) is 6.12. The van der Waals surface area contributed by atoms with E-state index in [-0.39, 0.29) is 0 Å². The van der Waals surface area contributed by atoms with Crippen LogP contribution >= 0.6 is 11.6 Å². The number of rotatable bonds is 2. The molecule has 0 radical (unpaired) electrons. The Morgan fingerprint density at radius 3 is 2.64 bits per heavy atom. The van der Waals surface area contributed by atoms with Gasteiger partial charge in [0.15, 0.2) is 5.82 Å². The summed E-state index contributed by atoms with van der Waals surface area (Å²) in [6.45, 7) is 1.44. The molecule has 1 N–H and O–H groups in total. The molecular formula is C21H21ClFN5. The van der Waals surface area contributed by atoms with E-state index in [1.165, 1.54) is 6.07 Å². The summed E-state index contributed by atoms with van der Waals surface area (Å²) in [6.07, 6.45) is 3.96. The van der Waals surface area contributed by atoms with Gasteiger partial charge in [-0.2, -0.15) is 4.39 Å². The van der Waals surface area contributed by atoms with Crippen LogP contribution in [0.15, 0.2) is 36.4 Å². The number of pyridine rings is 1. The van der Waals surface area contributed by atoms with E-state index < -0.39 is 5.95 Å². The number of nitrogens with zero attached hydrogens (tertiary/aromatic N) is 4. The van der Waals surface area contributed by atoms with Crippen molar-refractivity contribution in [1.82, 2.24) is 25.1 Å². The minimum absolute atomic E-state index is 0.311. The van der Waals surface area contributed by atoms with Crippen molar-refractivity contribution >= 4 is 11.6 Å². The first-order valence-corrected chi connectivity index (χ1v) is 10.1. The predicted octanol–water partition coefficient (Wildman–Crippen LogP) is 4.50. The van der Waals surface area contributed by atoms with Crippen LogP contribution in [0.25, 0.3) is 5.69 Å². The normalized spacial score (nSPS) is 21.6. The Labute approximate surface area is 168 Å². The molecule has 5 nitrogen and oxygen atoms in total. The number of hydrogen-bond acceptors (Lipinski definition) is 4. The Hall–Kier alpha value is -2.31. The quantitative estimate of drug-likeness (QED) is 0.647. The number of hydrogen-bond donors (Lipinski definition) is 1. The summed E-state index contributed by atoms with van der Waals surface area (Å²) >= 11 is 6.20. The molecule has 1 aliphatic heterocycles. The standard InChI is InChI=1S/C21H21ClFN5/c22-16-8-9-18-15(10-16)11-24-12-20-26-27-21(28(18)20)14-6-4-13(5-7-14)17-2-1-3-19(23)25-17/h1-3,8-10,13-14,24H,4-7,11-12H2. The van der Waals surface area contributed by atoms with E-state index in [2.05, 4.69) is 31.1 Å². The molecule has 144 valence electrons. The van der Waals surface area contributed by atoms with Crippen molar-refractivity contribution in [1.29, 1.82) is 0 Å². The summed E-state index contributed by atoms with van der Waals surface area (Å²) in [5.74, 6) is 2.21. The van der Waals surface area contributed by atoms with Gasteiger partial charge in [0, 0.05) is 29.1 Å². The topological polar surface area (TPSA) is 55.6 Å². The molecule has 3 aromatic rings. The lowest BCUT2D eigenvalue weighted by Gasteiger charge is -2.28. The number of fused-ring (bicyclic) bond motifs is 3. The molecule has 0 spiro atoms. The van der Waals surface area contributed by atoms with Gasteiger partial charge < -0.3 is 5.32 Å². The molecule has 1 fully saturated rings. The molecular weight excluding hydrogens is 377 g/mol. The maximum Gasteiger partial charge on any atom is 0.213 e. The lowest BCUT2D eigenvalue weighted by molar-refractivity contribution is 0.374. The smallest absolute Gasteiger partial charge is 0.213 e. The highest BCUT2D eigenvalue weighted by Gasteiger charge is 2.30. The Morgan fingerprint density at radius 1 is 1.00 bits per heavy atom. The molecule has 0 unspecified atom stereocenters. The summed E-state index contributed by atoms with van der Waals surface area (Å²) in [5.41, 5.74) is 3.13. The Balaban J connectivity index is 1.42. The molecule has 28 heavy (non-hydrogen) atoms. The van der Waals surface area contributed by atoms with Gasteiger partial charge >= 0.3 is 0 Å². The van der Waals surface area contributed by atoms with E-state index in [4.69, 9.17) is 11.6 Å². The number of nitrogens with one attached hydrogen (secondary N) is 1. The van der Waals surface area contributed by atoms with E-state index in [1.807, 2.05) is 18.2 Å². The molecule has 5 rings (SSSR count). The van der Waals surface area contributed by atoms with Crippen molar-refractivity contribution in [2.75, 3.05) is 0 Å². The first kappa shape index (κ1) is 17.8. The van der Waals surface area contributed by atoms with Gasteiger partial charge in [-0.1, -0.05) is 17.7 Å². The van der Waals surface area contributed by atoms with E-state index in [9.17, 15) is 4.39 Å². The molecule has 3 heterocycles.